The van der Waals surface area contributed by atoms with Crippen molar-refractivity contribution in [2.75, 3.05) is 5.32 Å². The van der Waals surface area contributed by atoms with Gasteiger partial charge in [-0.05, 0) is 30.2 Å². The van der Waals surface area contributed by atoms with Crippen molar-refractivity contribution in [2.24, 2.45) is 5.92 Å². The monoisotopic (exact) mass is 433 g/mol. The zero-order chi connectivity index (χ0) is 21.8. The Balaban J connectivity index is 1.51. The molecule has 0 atom stereocenters. The predicted molar refractivity (Wildman–Crippen MR) is 122 cm³/mol. The van der Waals surface area contributed by atoms with Crippen LogP contribution in [0, 0.1) is 5.92 Å². The zero-order valence-corrected chi connectivity index (χ0v) is 18.2. The molecule has 0 fully saturated rings. The molecule has 7 nitrogen and oxygen atoms in total. The number of carbonyl (C=O) groups is 1. The number of anilines is 1. The third-order valence-electron chi connectivity index (χ3n) is 4.59. The Morgan fingerprint density at radius 3 is 2.61 bits per heavy atom. The molecule has 2 aromatic heterocycles. The highest BCUT2D eigenvalue weighted by molar-refractivity contribution is 7.98. The molecule has 2 heterocycles. The summed E-state index contributed by atoms with van der Waals surface area (Å²) < 4.78 is 3.29. The van der Waals surface area contributed by atoms with Crippen LogP contribution in [0.15, 0.2) is 76.7 Å². The summed E-state index contributed by atoms with van der Waals surface area (Å²) in [5.74, 6) is 1.11. The van der Waals surface area contributed by atoms with Crippen LogP contribution in [0.3, 0.4) is 0 Å². The standard InChI is InChI=1S/C23H23N5O2S/c1-16(2)13-27-15-24-23-25-18(12-21(29)28(23)27)14-31-20-11-7-6-10-19(20)26-22(30)17-8-4-3-5-9-17/h3-12,15-16H,13-14H2,1-2H3,(H,26,30). The van der Waals surface area contributed by atoms with E-state index in [-0.39, 0.29) is 11.5 Å². The fourth-order valence-electron chi connectivity index (χ4n) is 3.21. The van der Waals surface area contributed by atoms with E-state index in [1.807, 2.05) is 42.5 Å². The molecular formula is C23H23N5O2S. The van der Waals surface area contributed by atoms with Crippen molar-refractivity contribution in [1.82, 2.24) is 19.2 Å². The van der Waals surface area contributed by atoms with Gasteiger partial charge in [-0.2, -0.15) is 9.50 Å². The van der Waals surface area contributed by atoms with Gasteiger partial charge in [0.05, 0.1) is 11.4 Å². The Morgan fingerprint density at radius 2 is 1.84 bits per heavy atom. The number of hydrogen-bond acceptors (Lipinski definition) is 5. The summed E-state index contributed by atoms with van der Waals surface area (Å²) in [4.78, 5) is 34.9. The summed E-state index contributed by atoms with van der Waals surface area (Å²) in [5, 5.41) is 2.96. The molecule has 8 heteroatoms. The summed E-state index contributed by atoms with van der Waals surface area (Å²) in [7, 11) is 0. The van der Waals surface area contributed by atoms with E-state index in [1.165, 1.54) is 16.3 Å². The molecule has 158 valence electrons. The fraction of sp³-hybridized carbons (Fsp3) is 0.217. The van der Waals surface area contributed by atoms with Crippen LogP contribution in [0.2, 0.25) is 0 Å². The molecule has 2 aromatic carbocycles. The number of aromatic nitrogens is 4. The lowest BCUT2D eigenvalue weighted by atomic mass is 10.2. The average molecular weight is 434 g/mol. The van der Waals surface area contributed by atoms with Gasteiger partial charge in [0.1, 0.15) is 6.33 Å². The lowest BCUT2D eigenvalue weighted by molar-refractivity contribution is 0.102. The fourth-order valence-corrected chi connectivity index (χ4v) is 4.11. The van der Waals surface area contributed by atoms with Gasteiger partial charge in [-0.1, -0.05) is 44.2 Å². The number of para-hydroxylation sites is 1. The molecule has 31 heavy (non-hydrogen) atoms. The van der Waals surface area contributed by atoms with E-state index in [0.29, 0.717) is 35.3 Å². The minimum atomic E-state index is -0.165. The number of nitrogens with one attached hydrogen (secondary N) is 1. The second-order valence-corrected chi connectivity index (χ2v) is 8.58. The van der Waals surface area contributed by atoms with Crippen LogP contribution in [0.4, 0.5) is 5.69 Å². The number of fused-ring (bicyclic) bond motifs is 1. The van der Waals surface area contributed by atoms with Crippen molar-refractivity contribution in [1.29, 1.82) is 0 Å². The van der Waals surface area contributed by atoms with E-state index < -0.39 is 0 Å². The van der Waals surface area contributed by atoms with Crippen LogP contribution < -0.4 is 10.9 Å². The number of nitrogens with zero attached hydrogens (tertiary/aromatic N) is 4. The molecule has 0 bridgehead atoms. The van der Waals surface area contributed by atoms with E-state index in [0.717, 1.165) is 10.6 Å². The largest absolute Gasteiger partial charge is 0.321 e. The quantitative estimate of drug-likeness (QED) is 0.444. The highest BCUT2D eigenvalue weighted by Crippen LogP contribution is 2.29. The van der Waals surface area contributed by atoms with Gasteiger partial charge < -0.3 is 5.32 Å². The first kappa shape index (κ1) is 20.9. The van der Waals surface area contributed by atoms with Crippen LogP contribution in [0.1, 0.15) is 29.9 Å². The van der Waals surface area contributed by atoms with Gasteiger partial charge >= 0.3 is 0 Å². The van der Waals surface area contributed by atoms with Gasteiger partial charge in [0, 0.05) is 28.8 Å². The predicted octanol–water partition coefficient (Wildman–Crippen LogP) is 4.09. The second kappa shape index (κ2) is 9.18. The first-order chi connectivity index (χ1) is 15.0. The Hall–Kier alpha value is -3.39. The van der Waals surface area contributed by atoms with Crippen LogP contribution in [-0.2, 0) is 12.3 Å². The van der Waals surface area contributed by atoms with Gasteiger partial charge in [0.15, 0.2) is 0 Å². The van der Waals surface area contributed by atoms with Gasteiger partial charge in [0.2, 0.25) is 0 Å². The van der Waals surface area contributed by atoms with Crippen LogP contribution >= 0.6 is 11.8 Å². The van der Waals surface area contributed by atoms with Gasteiger partial charge in [-0.25, -0.2) is 4.98 Å². The molecule has 0 unspecified atom stereocenters. The molecule has 0 aliphatic heterocycles. The molecule has 1 amide bonds. The molecule has 0 radical (unpaired) electrons. The van der Waals surface area contributed by atoms with Gasteiger partial charge in [0.25, 0.3) is 17.2 Å². The van der Waals surface area contributed by atoms with Crippen LogP contribution in [0.5, 0.6) is 0 Å². The van der Waals surface area contributed by atoms with Crippen molar-refractivity contribution < 1.29 is 4.79 Å². The molecular weight excluding hydrogens is 410 g/mol. The van der Waals surface area contributed by atoms with Crippen molar-refractivity contribution in [3.8, 4) is 0 Å². The molecule has 4 aromatic rings. The summed E-state index contributed by atoms with van der Waals surface area (Å²) >= 11 is 1.51. The van der Waals surface area contributed by atoms with Crippen molar-refractivity contribution >= 4 is 29.1 Å². The number of benzene rings is 2. The van der Waals surface area contributed by atoms with E-state index in [4.69, 9.17) is 0 Å². The molecule has 0 saturated heterocycles. The first-order valence-electron chi connectivity index (χ1n) is 10.0. The van der Waals surface area contributed by atoms with Crippen molar-refractivity contribution in [3.05, 3.63) is 88.6 Å². The SMILES string of the molecule is CC(C)Cn1cnc2nc(CSc3ccccc3NC(=O)c3ccccc3)cc(=O)n21. The highest BCUT2D eigenvalue weighted by Gasteiger charge is 2.12. The maximum absolute atomic E-state index is 12.6. The Morgan fingerprint density at radius 1 is 1.10 bits per heavy atom. The third-order valence-corrected chi connectivity index (χ3v) is 5.70. The van der Waals surface area contributed by atoms with Crippen LogP contribution in [-0.4, -0.2) is 25.1 Å². The summed E-state index contributed by atoms with van der Waals surface area (Å²) in [5.41, 5.74) is 1.82. The second-order valence-electron chi connectivity index (χ2n) is 7.56. The lowest BCUT2D eigenvalue weighted by Gasteiger charge is -2.11. The summed E-state index contributed by atoms with van der Waals surface area (Å²) in [6.07, 6.45) is 1.65. The van der Waals surface area contributed by atoms with E-state index in [2.05, 4.69) is 29.1 Å². The maximum Gasteiger partial charge on any atom is 0.274 e. The molecule has 0 aliphatic rings. The minimum Gasteiger partial charge on any atom is -0.321 e. The Kier molecular flexibility index (Phi) is 6.18. The van der Waals surface area contributed by atoms with Gasteiger partial charge in [-0.3, -0.25) is 14.3 Å². The average Bonchev–Trinajstić information content (AvgIpc) is 3.16. The zero-order valence-electron chi connectivity index (χ0n) is 17.4. The number of rotatable bonds is 7. The summed E-state index contributed by atoms with van der Waals surface area (Å²) in [6, 6.07) is 18.2. The minimum absolute atomic E-state index is 0.149. The van der Waals surface area contributed by atoms with Crippen molar-refractivity contribution in [3.63, 3.8) is 0 Å². The number of thioether (sulfide) groups is 1. The number of amides is 1. The molecule has 0 saturated carbocycles. The first-order valence-corrected chi connectivity index (χ1v) is 11.0. The number of hydrogen-bond donors (Lipinski definition) is 1. The Labute approximate surface area is 184 Å². The Bertz CT molecular complexity index is 1260. The molecule has 0 aliphatic carbocycles. The maximum atomic E-state index is 12.6. The molecule has 0 spiro atoms. The smallest absolute Gasteiger partial charge is 0.274 e. The normalized spacial score (nSPS) is 11.2. The number of carbonyl (C=O) groups excluding carboxylic acids is 1. The van der Waals surface area contributed by atoms with E-state index in [1.54, 1.807) is 29.2 Å². The molecule has 1 N–H and O–H groups in total. The van der Waals surface area contributed by atoms with Crippen LogP contribution in [0.25, 0.3) is 5.78 Å². The highest BCUT2D eigenvalue weighted by atomic mass is 32.2. The summed E-state index contributed by atoms with van der Waals surface area (Å²) in [6.45, 7) is 4.87. The topological polar surface area (TPSA) is 81.3 Å². The van der Waals surface area contributed by atoms with E-state index in [9.17, 15) is 9.59 Å². The third kappa shape index (κ3) is 4.86. The van der Waals surface area contributed by atoms with Gasteiger partial charge in [-0.15, -0.1) is 11.8 Å². The molecule has 4 rings (SSSR count). The van der Waals surface area contributed by atoms with Crippen molar-refractivity contribution in [2.45, 2.75) is 31.0 Å². The van der Waals surface area contributed by atoms with E-state index >= 15 is 0 Å². The lowest BCUT2D eigenvalue weighted by Crippen LogP contribution is -2.22.